The van der Waals surface area contributed by atoms with Crippen LogP contribution in [-0.4, -0.2) is 25.1 Å². The molecule has 0 aliphatic rings. The van der Waals surface area contributed by atoms with Crippen molar-refractivity contribution in [3.05, 3.63) is 71.9 Å². The number of carbonyl (C=O) groups excluding carboxylic acids is 1. The predicted molar refractivity (Wildman–Crippen MR) is 101 cm³/mol. The van der Waals surface area contributed by atoms with Crippen LogP contribution in [0.5, 0.6) is 11.5 Å². The van der Waals surface area contributed by atoms with Crippen LogP contribution in [0, 0.1) is 11.6 Å². The highest BCUT2D eigenvalue weighted by molar-refractivity contribution is 6.04. The van der Waals surface area contributed by atoms with Gasteiger partial charge in [-0.25, -0.2) is 13.8 Å². The third-order valence-corrected chi connectivity index (χ3v) is 3.87. The van der Waals surface area contributed by atoms with Crippen molar-refractivity contribution in [1.29, 1.82) is 0 Å². The molecule has 0 saturated heterocycles. The second-order valence-electron chi connectivity index (χ2n) is 5.70. The molecule has 8 heteroatoms. The maximum Gasteiger partial charge on any atom is 0.255 e. The minimum Gasteiger partial charge on any atom is -0.497 e. The minimum atomic E-state index is -0.859. The van der Waals surface area contributed by atoms with Gasteiger partial charge in [0.25, 0.3) is 5.91 Å². The minimum absolute atomic E-state index is 0.118. The molecule has 0 spiro atoms. The standard InChI is InChI=1S/C20H17F2N3O3/c1-27-14-4-6-18(28-2)17(11-14)24-19-9-12(7-8-23-19)20(26)25-16-5-3-13(21)10-15(16)22/h3-11H,1-2H3,(H,23,24)(H,25,26). The molecule has 0 aliphatic carbocycles. The number of amides is 1. The fourth-order valence-electron chi connectivity index (χ4n) is 2.48. The Morgan fingerprint density at radius 2 is 1.79 bits per heavy atom. The molecule has 3 rings (SSSR count). The first-order valence-electron chi connectivity index (χ1n) is 8.21. The van der Waals surface area contributed by atoms with E-state index >= 15 is 0 Å². The summed E-state index contributed by atoms with van der Waals surface area (Å²) in [6.45, 7) is 0. The first-order valence-corrected chi connectivity index (χ1v) is 8.21. The van der Waals surface area contributed by atoms with Crippen LogP contribution >= 0.6 is 0 Å². The second-order valence-corrected chi connectivity index (χ2v) is 5.70. The molecule has 0 aliphatic heterocycles. The zero-order valence-corrected chi connectivity index (χ0v) is 15.1. The number of pyridine rings is 1. The maximum absolute atomic E-state index is 13.7. The zero-order chi connectivity index (χ0) is 20.1. The second kappa shape index (κ2) is 8.34. The van der Waals surface area contributed by atoms with Gasteiger partial charge < -0.3 is 20.1 Å². The van der Waals surface area contributed by atoms with E-state index in [0.717, 1.165) is 12.1 Å². The summed E-state index contributed by atoms with van der Waals surface area (Å²) in [5.41, 5.74) is 0.715. The van der Waals surface area contributed by atoms with Gasteiger partial charge in [0.15, 0.2) is 0 Å². The van der Waals surface area contributed by atoms with Gasteiger partial charge in [0.1, 0.15) is 29.0 Å². The molecule has 0 unspecified atom stereocenters. The molecule has 0 radical (unpaired) electrons. The third kappa shape index (κ3) is 4.35. The van der Waals surface area contributed by atoms with Gasteiger partial charge in [-0.2, -0.15) is 0 Å². The Kier molecular flexibility index (Phi) is 5.69. The topological polar surface area (TPSA) is 72.5 Å². The first-order chi connectivity index (χ1) is 13.5. The molecule has 2 aromatic carbocycles. The van der Waals surface area contributed by atoms with Gasteiger partial charge in [0, 0.05) is 23.9 Å². The molecule has 144 valence electrons. The van der Waals surface area contributed by atoms with Crippen LogP contribution < -0.4 is 20.1 Å². The molecular formula is C20H17F2N3O3. The molecule has 1 aromatic heterocycles. The summed E-state index contributed by atoms with van der Waals surface area (Å²) in [5, 5.41) is 5.46. The fraction of sp³-hybridized carbons (Fsp3) is 0.100. The van der Waals surface area contributed by atoms with Gasteiger partial charge >= 0.3 is 0 Å². The van der Waals surface area contributed by atoms with E-state index in [0.29, 0.717) is 29.1 Å². The van der Waals surface area contributed by atoms with Gasteiger partial charge in [-0.15, -0.1) is 0 Å². The van der Waals surface area contributed by atoms with Gasteiger partial charge in [-0.1, -0.05) is 0 Å². The number of aromatic nitrogens is 1. The monoisotopic (exact) mass is 385 g/mol. The van der Waals surface area contributed by atoms with E-state index in [1.54, 1.807) is 25.3 Å². The Morgan fingerprint density at radius 1 is 0.964 bits per heavy atom. The average Bonchev–Trinajstić information content (AvgIpc) is 2.70. The summed E-state index contributed by atoms with van der Waals surface area (Å²) < 4.78 is 37.2. The third-order valence-electron chi connectivity index (χ3n) is 3.87. The van der Waals surface area contributed by atoms with E-state index in [1.807, 2.05) is 0 Å². The molecule has 0 bridgehead atoms. The van der Waals surface area contributed by atoms with Crippen LogP contribution in [0.4, 0.5) is 26.0 Å². The molecule has 0 fully saturated rings. The number of methoxy groups -OCH3 is 2. The Hall–Kier alpha value is -3.68. The van der Waals surface area contributed by atoms with E-state index in [-0.39, 0.29) is 11.3 Å². The molecular weight excluding hydrogens is 368 g/mol. The molecule has 2 N–H and O–H groups in total. The van der Waals surface area contributed by atoms with Crippen molar-refractivity contribution in [2.24, 2.45) is 0 Å². The number of hydrogen-bond acceptors (Lipinski definition) is 5. The Labute approximate surface area is 160 Å². The lowest BCUT2D eigenvalue weighted by atomic mass is 10.2. The number of ether oxygens (including phenoxy) is 2. The van der Waals surface area contributed by atoms with Crippen LogP contribution in [0.25, 0.3) is 0 Å². The van der Waals surface area contributed by atoms with Crippen molar-refractivity contribution < 1.29 is 23.0 Å². The largest absolute Gasteiger partial charge is 0.497 e. The summed E-state index contributed by atoms with van der Waals surface area (Å²) in [6, 6.07) is 11.1. The van der Waals surface area contributed by atoms with Crippen LogP contribution in [0.15, 0.2) is 54.7 Å². The van der Waals surface area contributed by atoms with Crippen LogP contribution in [-0.2, 0) is 0 Å². The van der Waals surface area contributed by atoms with Crippen molar-refractivity contribution in [3.8, 4) is 11.5 Å². The molecule has 0 saturated carbocycles. The summed E-state index contributed by atoms with van der Waals surface area (Å²) >= 11 is 0. The average molecular weight is 385 g/mol. The van der Waals surface area contributed by atoms with Crippen molar-refractivity contribution in [3.63, 3.8) is 0 Å². The number of halogens is 2. The first kappa shape index (κ1) is 19.1. The van der Waals surface area contributed by atoms with Gasteiger partial charge in [0.05, 0.1) is 25.6 Å². The summed E-state index contributed by atoms with van der Waals surface area (Å²) in [6.07, 6.45) is 1.44. The lowest BCUT2D eigenvalue weighted by Gasteiger charge is -2.13. The molecule has 6 nitrogen and oxygen atoms in total. The van der Waals surface area contributed by atoms with Crippen molar-refractivity contribution in [1.82, 2.24) is 4.98 Å². The molecule has 1 amide bonds. The smallest absolute Gasteiger partial charge is 0.255 e. The van der Waals surface area contributed by atoms with Crippen LogP contribution in [0.1, 0.15) is 10.4 Å². The van der Waals surface area contributed by atoms with E-state index in [1.165, 1.54) is 25.4 Å². The van der Waals surface area contributed by atoms with Crippen molar-refractivity contribution in [2.75, 3.05) is 24.9 Å². The summed E-state index contributed by atoms with van der Waals surface area (Å²) in [4.78, 5) is 16.6. The van der Waals surface area contributed by atoms with Gasteiger partial charge in [-0.3, -0.25) is 4.79 Å². The summed E-state index contributed by atoms with van der Waals surface area (Å²) in [7, 11) is 3.07. The van der Waals surface area contributed by atoms with E-state index in [4.69, 9.17) is 9.47 Å². The van der Waals surface area contributed by atoms with Crippen LogP contribution in [0.2, 0.25) is 0 Å². The predicted octanol–water partition coefficient (Wildman–Crippen LogP) is 4.37. The quantitative estimate of drug-likeness (QED) is 0.659. The van der Waals surface area contributed by atoms with Crippen molar-refractivity contribution >= 4 is 23.1 Å². The molecule has 3 aromatic rings. The highest BCUT2D eigenvalue weighted by Gasteiger charge is 2.12. The number of rotatable bonds is 6. The van der Waals surface area contributed by atoms with Crippen LogP contribution in [0.3, 0.4) is 0 Å². The Bertz CT molecular complexity index is 1010. The van der Waals surface area contributed by atoms with E-state index < -0.39 is 17.5 Å². The van der Waals surface area contributed by atoms with Gasteiger partial charge in [-0.05, 0) is 36.4 Å². The van der Waals surface area contributed by atoms with Gasteiger partial charge in [0.2, 0.25) is 0 Å². The Balaban J connectivity index is 1.81. The molecule has 0 atom stereocenters. The number of carbonyl (C=O) groups is 1. The number of anilines is 3. The highest BCUT2D eigenvalue weighted by Crippen LogP contribution is 2.31. The van der Waals surface area contributed by atoms with Crippen molar-refractivity contribution in [2.45, 2.75) is 0 Å². The normalized spacial score (nSPS) is 10.3. The lowest BCUT2D eigenvalue weighted by Crippen LogP contribution is -2.13. The van der Waals surface area contributed by atoms with E-state index in [2.05, 4.69) is 15.6 Å². The van der Waals surface area contributed by atoms with E-state index in [9.17, 15) is 13.6 Å². The zero-order valence-electron chi connectivity index (χ0n) is 15.1. The lowest BCUT2D eigenvalue weighted by molar-refractivity contribution is 0.102. The number of nitrogens with zero attached hydrogens (tertiary/aromatic N) is 1. The maximum atomic E-state index is 13.7. The number of nitrogens with one attached hydrogen (secondary N) is 2. The highest BCUT2D eigenvalue weighted by atomic mass is 19.1. The molecule has 28 heavy (non-hydrogen) atoms. The Morgan fingerprint density at radius 3 is 2.50 bits per heavy atom. The summed E-state index contributed by atoms with van der Waals surface area (Å²) in [5.74, 6) is -0.595. The SMILES string of the molecule is COc1ccc(OC)c(Nc2cc(C(=O)Nc3ccc(F)cc3F)ccn2)c1. The fourth-order valence-corrected chi connectivity index (χ4v) is 2.48. The number of hydrogen-bond donors (Lipinski definition) is 2. The number of benzene rings is 2. The molecule has 1 heterocycles.